The first-order valence-electron chi connectivity index (χ1n) is 8.26. The van der Waals surface area contributed by atoms with Crippen LogP contribution in [0.5, 0.6) is 0 Å². The zero-order chi connectivity index (χ0) is 15.4. The molecule has 22 heavy (non-hydrogen) atoms. The van der Waals surface area contributed by atoms with E-state index in [1.54, 1.807) is 0 Å². The third-order valence-corrected chi connectivity index (χ3v) is 5.21. The molecule has 1 aliphatic heterocycles. The van der Waals surface area contributed by atoms with Crippen LogP contribution in [0.3, 0.4) is 0 Å². The number of nitrogens with zero attached hydrogens (tertiary/aromatic N) is 1. The van der Waals surface area contributed by atoms with E-state index in [0.29, 0.717) is 12.2 Å². The normalized spacial score (nSPS) is 23.2. The van der Waals surface area contributed by atoms with Crippen molar-refractivity contribution in [1.29, 1.82) is 0 Å². The number of thiophene rings is 1. The number of morpholine rings is 1. The molecule has 0 amide bonds. The van der Waals surface area contributed by atoms with Crippen LogP contribution in [0.2, 0.25) is 0 Å². The van der Waals surface area contributed by atoms with E-state index in [9.17, 15) is 0 Å². The monoisotopic (exact) mass is 318 g/mol. The standard InChI is InChI=1S/C18H26N2OS/c1-14-11-20(12-15(2)21-14)9-5-8-19-10-16-13-22-18-7-4-3-6-17(16)18/h3-4,6-7,13-15,19H,5,8-12H2,1-2H3/t14-,15-/m0/s1. The second kappa shape index (κ2) is 7.55. The van der Waals surface area contributed by atoms with E-state index in [1.807, 2.05) is 11.3 Å². The van der Waals surface area contributed by atoms with Crippen molar-refractivity contribution in [3.63, 3.8) is 0 Å². The molecular weight excluding hydrogens is 292 g/mol. The average Bonchev–Trinajstić information content (AvgIpc) is 2.89. The number of hydrogen-bond acceptors (Lipinski definition) is 4. The van der Waals surface area contributed by atoms with E-state index >= 15 is 0 Å². The van der Waals surface area contributed by atoms with Crippen LogP contribution in [0.4, 0.5) is 0 Å². The van der Waals surface area contributed by atoms with Crippen LogP contribution in [0, 0.1) is 0 Å². The van der Waals surface area contributed by atoms with Crippen molar-refractivity contribution in [3.05, 3.63) is 35.2 Å². The Bertz CT molecular complexity index is 588. The van der Waals surface area contributed by atoms with Gasteiger partial charge in [-0.05, 0) is 55.8 Å². The summed E-state index contributed by atoms with van der Waals surface area (Å²) < 4.78 is 7.16. The van der Waals surface area contributed by atoms with Crippen molar-refractivity contribution in [2.45, 2.75) is 39.0 Å². The van der Waals surface area contributed by atoms with Crippen molar-refractivity contribution in [3.8, 4) is 0 Å². The van der Waals surface area contributed by atoms with Crippen LogP contribution < -0.4 is 5.32 Å². The van der Waals surface area contributed by atoms with E-state index in [1.165, 1.54) is 22.1 Å². The fraction of sp³-hybridized carbons (Fsp3) is 0.556. The van der Waals surface area contributed by atoms with Gasteiger partial charge in [0.25, 0.3) is 0 Å². The van der Waals surface area contributed by atoms with E-state index in [-0.39, 0.29) is 0 Å². The molecule has 0 radical (unpaired) electrons. The van der Waals surface area contributed by atoms with E-state index in [4.69, 9.17) is 4.74 Å². The molecule has 1 saturated heterocycles. The van der Waals surface area contributed by atoms with Gasteiger partial charge in [-0.3, -0.25) is 4.90 Å². The molecule has 120 valence electrons. The number of fused-ring (bicyclic) bond motifs is 1. The molecule has 0 unspecified atom stereocenters. The van der Waals surface area contributed by atoms with Gasteiger partial charge in [-0.2, -0.15) is 0 Å². The molecule has 3 nitrogen and oxygen atoms in total. The third kappa shape index (κ3) is 4.07. The summed E-state index contributed by atoms with van der Waals surface area (Å²) in [5.74, 6) is 0. The minimum atomic E-state index is 0.369. The van der Waals surface area contributed by atoms with Gasteiger partial charge < -0.3 is 10.1 Å². The molecule has 0 bridgehead atoms. The van der Waals surface area contributed by atoms with E-state index < -0.39 is 0 Å². The van der Waals surface area contributed by atoms with Gasteiger partial charge in [-0.15, -0.1) is 11.3 Å². The molecule has 0 aliphatic carbocycles. The molecule has 1 N–H and O–H groups in total. The Kier molecular flexibility index (Phi) is 5.47. The highest BCUT2D eigenvalue weighted by Gasteiger charge is 2.21. The molecule has 2 aromatic rings. The molecule has 3 rings (SSSR count). The first kappa shape index (κ1) is 15.9. The van der Waals surface area contributed by atoms with Crippen LogP contribution >= 0.6 is 11.3 Å². The highest BCUT2D eigenvalue weighted by molar-refractivity contribution is 7.17. The Morgan fingerprint density at radius 2 is 2.00 bits per heavy atom. The Labute approximate surface area is 137 Å². The highest BCUT2D eigenvalue weighted by atomic mass is 32.1. The molecule has 0 saturated carbocycles. The summed E-state index contributed by atoms with van der Waals surface area (Å²) in [6.07, 6.45) is 1.93. The Morgan fingerprint density at radius 3 is 2.82 bits per heavy atom. The topological polar surface area (TPSA) is 24.5 Å². The summed E-state index contributed by atoms with van der Waals surface area (Å²) in [5.41, 5.74) is 1.43. The average molecular weight is 318 g/mol. The number of rotatable bonds is 6. The number of nitrogens with one attached hydrogen (secondary N) is 1. The molecular formula is C18H26N2OS. The number of benzene rings is 1. The van der Waals surface area contributed by atoms with Gasteiger partial charge in [0.05, 0.1) is 12.2 Å². The lowest BCUT2D eigenvalue weighted by atomic mass is 10.2. The molecule has 1 fully saturated rings. The van der Waals surface area contributed by atoms with Crippen LogP contribution in [0.15, 0.2) is 29.6 Å². The van der Waals surface area contributed by atoms with Crippen LogP contribution in [-0.2, 0) is 11.3 Å². The zero-order valence-corrected chi connectivity index (χ0v) is 14.4. The van der Waals surface area contributed by atoms with Crippen LogP contribution in [0.25, 0.3) is 10.1 Å². The van der Waals surface area contributed by atoms with Gasteiger partial charge in [0, 0.05) is 24.3 Å². The van der Waals surface area contributed by atoms with Crippen molar-refractivity contribution in [2.75, 3.05) is 26.2 Å². The molecule has 1 aromatic heterocycles. The predicted octanol–water partition coefficient (Wildman–Crippen LogP) is 3.49. The first-order valence-corrected chi connectivity index (χ1v) is 9.14. The number of ether oxygens (including phenoxy) is 1. The quantitative estimate of drug-likeness (QED) is 0.825. The van der Waals surface area contributed by atoms with Gasteiger partial charge in [0.2, 0.25) is 0 Å². The molecule has 4 heteroatoms. The molecule has 1 aromatic carbocycles. The lowest BCUT2D eigenvalue weighted by Gasteiger charge is -2.35. The molecule has 1 aliphatic rings. The second-order valence-corrected chi connectivity index (χ2v) is 7.22. The van der Waals surface area contributed by atoms with Gasteiger partial charge in [0.15, 0.2) is 0 Å². The first-order chi connectivity index (χ1) is 10.7. The lowest BCUT2D eigenvalue weighted by molar-refractivity contribution is -0.0680. The SMILES string of the molecule is C[C@H]1CN(CCCNCc2csc3ccccc23)C[C@H](C)O1. The van der Waals surface area contributed by atoms with E-state index in [2.05, 4.69) is 53.7 Å². The summed E-state index contributed by atoms with van der Waals surface area (Å²) in [7, 11) is 0. The minimum Gasteiger partial charge on any atom is -0.373 e. The third-order valence-electron chi connectivity index (χ3n) is 4.20. The maximum atomic E-state index is 5.78. The molecule has 0 spiro atoms. The molecule has 2 atom stereocenters. The smallest absolute Gasteiger partial charge is 0.0678 e. The summed E-state index contributed by atoms with van der Waals surface area (Å²) in [6, 6.07) is 8.66. The zero-order valence-electron chi connectivity index (χ0n) is 13.5. The van der Waals surface area contributed by atoms with Crippen molar-refractivity contribution < 1.29 is 4.74 Å². The fourth-order valence-electron chi connectivity index (χ4n) is 3.29. The van der Waals surface area contributed by atoms with Crippen LogP contribution in [0.1, 0.15) is 25.8 Å². The largest absolute Gasteiger partial charge is 0.373 e. The van der Waals surface area contributed by atoms with Gasteiger partial charge in [-0.25, -0.2) is 0 Å². The maximum Gasteiger partial charge on any atom is 0.0678 e. The molecule has 2 heterocycles. The van der Waals surface area contributed by atoms with Crippen molar-refractivity contribution in [2.24, 2.45) is 0 Å². The van der Waals surface area contributed by atoms with Crippen molar-refractivity contribution in [1.82, 2.24) is 10.2 Å². The van der Waals surface area contributed by atoms with Crippen LogP contribution in [-0.4, -0.2) is 43.3 Å². The highest BCUT2D eigenvalue weighted by Crippen LogP contribution is 2.25. The Morgan fingerprint density at radius 1 is 1.23 bits per heavy atom. The maximum absolute atomic E-state index is 5.78. The Hall–Kier alpha value is -0.940. The second-order valence-electron chi connectivity index (χ2n) is 6.30. The Balaban J connectivity index is 1.39. The number of hydrogen-bond donors (Lipinski definition) is 1. The minimum absolute atomic E-state index is 0.369. The van der Waals surface area contributed by atoms with Crippen molar-refractivity contribution >= 4 is 21.4 Å². The summed E-state index contributed by atoms with van der Waals surface area (Å²) >= 11 is 1.84. The van der Waals surface area contributed by atoms with Gasteiger partial charge in [-0.1, -0.05) is 18.2 Å². The predicted molar refractivity (Wildman–Crippen MR) is 94.6 cm³/mol. The van der Waals surface area contributed by atoms with Gasteiger partial charge in [0.1, 0.15) is 0 Å². The summed E-state index contributed by atoms with van der Waals surface area (Å²) in [6.45, 7) is 9.68. The summed E-state index contributed by atoms with van der Waals surface area (Å²) in [5, 5.41) is 7.27. The van der Waals surface area contributed by atoms with Gasteiger partial charge >= 0.3 is 0 Å². The summed E-state index contributed by atoms with van der Waals surface area (Å²) in [4.78, 5) is 2.53. The lowest BCUT2D eigenvalue weighted by Crippen LogP contribution is -2.46. The van der Waals surface area contributed by atoms with E-state index in [0.717, 1.165) is 32.7 Å². The fourth-order valence-corrected chi connectivity index (χ4v) is 4.25.